The number of rotatable bonds is 7. The Morgan fingerprint density at radius 2 is 1.95 bits per heavy atom. The van der Waals surface area contributed by atoms with E-state index in [1.165, 1.54) is 0 Å². The first-order valence-corrected chi connectivity index (χ1v) is 12.1. The summed E-state index contributed by atoms with van der Waals surface area (Å²) in [6.45, 7) is 8.35. The van der Waals surface area contributed by atoms with Gasteiger partial charge in [-0.05, 0) is 42.3 Å². The number of benzene rings is 1. The monoisotopic (exact) mass is 510 g/mol. The fourth-order valence-corrected chi connectivity index (χ4v) is 3.89. The van der Waals surface area contributed by atoms with E-state index in [1.54, 1.807) is 12.4 Å². The quantitative estimate of drug-likeness (QED) is 0.346. The van der Waals surface area contributed by atoms with Gasteiger partial charge in [0, 0.05) is 30.5 Å². The first-order valence-electron chi connectivity index (χ1n) is 12.1. The summed E-state index contributed by atoms with van der Waals surface area (Å²) in [5, 5.41) is 7.51. The number of hydrogen-bond acceptors (Lipinski definition) is 9. The maximum absolute atomic E-state index is 14.2. The molecule has 10 heteroatoms. The van der Waals surface area contributed by atoms with E-state index in [4.69, 9.17) is 4.74 Å². The van der Waals surface area contributed by atoms with Crippen LogP contribution in [0, 0.1) is 5.82 Å². The summed E-state index contributed by atoms with van der Waals surface area (Å²) in [5.74, 6) is -0.0471. The van der Waals surface area contributed by atoms with Crippen molar-refractivity contribution in [3.8, 4) is 0 Å². The molecular weight excluding hydrogens is 483 g/mol. The second-order valence-corrected chi connectivity index (χ2v) is 8.72. The fourth-order valence-electron chi connectivity index (χ4n) is 3.89. The molecule has 4 heterocycles. The van der Waals surface area contributed by atoms with Crippen LogP contribution in [-0.2, 0) is 4.74 Å². The molecule has 0 atom stereocenters. The van der Waals surface area contributed by atoms with Gasteiger partial charge in [0.25, 0.3) is 0 Å². The molecule has 0 amide bonds. The number of hydrazone groups is 1. The van der Waals surface area contributed by atoms with E-state index in [0.717, 1.165) is 40.0 Å². The van der Waals surface area contributed by atoms with Crippen LogP contribution in [0.25, 0.3) is 0 Å². The molecule has 0 radical (unpaired) electrons. The number of ether oxygens (including phenoxy) is 1. The van der Waals surface area contributed by atoms with Gasteiger partial charge in [0.2, 0.25) is 5.95 Å². The lowest BCUT2D eigenvalue weighted by molar-refractivity contribution is 0.122. The van der Waals surface area contributed by atoms with Gasteiger partial charge in [0.1, 0.15) is 0 Å². The van der Waals surface area contributed by atoms with Crippen LogP contribution in [0.15, 0.2) is 95.0 Å². The standard InChI is InChI=1S/C28H27FN8O/c1-19-6-7-20(2)26(31-15-19)21-4-3-5-22(14-21)34-24-9-8-23(30-16-24)17-33-36-28-32-18-25(29)27(35-28)37-10-12-38-13-11-37/h3-9,14-18,34H,2,10-13H2,1H3,(H,32,35,36)/b33-17+. The summed E-state index contributed by atoms with van der Waals surface area (Å²) in [6, 6.07) is 11.7. The van der Waals surface area contributed by atoms with Gasteiger partial charge in [0.15, 0.2) is 11.6 Å². The molecule has 192 valence electrons. The number of anilines is 4. The summed E-state index contributed by atoms with van der Waals surface area (Å²) in [5.41, 5.74) is 8.83. The van der Waals surface area contributed by atoms with Crippen molar-refractivity contribution in [3.05, 3.63) is 102 Å². The van der Waals surface area contributed by atoms with E-state index in [1.807, 2.05) is 66.6 Å². The first kappa shape index (κ1) is 25.0. The number of morpholine rings is 1. The van der Waals surface area contributed by atoms with Crippen LogP contribution >= 0.6 is 0 Å². The molecule has 3 aromatic rings. The molecule has 0 aliphatic carbocycles. The molecular formula is C28H27FN8O. The van der Waals surface area contributed by atoms with Crippen molar-refractivity contribution >= 4 is 35.1 Å². The van der Waals surface area contributed by atoms with E-state index < -0.39 is 5.82 Å². The maximum atomic E-state index is 14.2. The molecule has 9 nitrogen and oxygen atoms in total. The number of halogens is 1. The molecule has 1 aromatic carbocycles. The zero-order valence-corrected chi connectivity index (χ0v) is 20.9. The molecule has 2 aliphatic heterocycles. The van der Waals surface area contributed by atoms with E-state index in [-0.39, 0.29) is 11.8 Å². The Labute approximate surface area is 220 Å². The lowest BCUT2D eigenvalue weighted by Crippen LogP contribution is -2.37. The van der Waals surface area contributed by atoms with E-state index >= 15 is 0 Å². The molecule has 0 spiro atoms. The zero-order chi connectivity index (χ0) is 26.3. The summed E-state index contributed by atoms with van der Waals surface area (Å²) in [4.78, 5) is 19.1. The number of aliphatic imine (C=N–C) groups is 1. The number of hydrogen-bond donors (Lipinski definition) is 2. The minimum absolute atomic E-state index is 0.199. The molecule has 0 saturated carbocycles. The van der Waals surface area contributed by atoms with E-state index in [0.29, 0.717) is 32.0 Å². The Bertz CT molecular complexity index is 1440. The highest BCUT2D eigenvalue weighted by Crippen LogP contribution is 2.21. The van der Waals surface area contributed by atoms with Crippen LogP contribution in [0.3, 0.4) is 0 Å². The lowest BCUT2D eigenvalue weighted by Gasteiger charge is -2.27. The van der Waals surface area contributed by atoms with Crippen LogP contribution in [0.4, 0.5) is 27.5 Å². The Balaban J connectivity index is 1.21. The fraction of sp³-hybridized carbons (Fsp3) is 0.179. The van der Waals surface area contributed by atoms with Gasteiger partial charge in [-0.25, -0.2) is 14.8 Å². The molecule has 5 rings (SSSR count). The summed E-state index contributed by atoms with van der Waals surface area (Å²) >= 11 is 0. The predicted octanol–water partition coefficient (Wildman–Crippen LogP) is 4.86. The maximum Gasteiger partial charge on any atom is 0.245 e. The zero-order valence-electron chi connectivity index (χ0n) is 20.9. The number of aromatic nitrogens is 3. The Morgan fingerprint density at radius 1 is 1.08 bits per heavy atom. The van der Waals surface area contributed by atoms with Gasteiger partial charge in [-0.15, -0.1) is 0 Å². The van der Waals surface area contributed by atoms with Gasteiger partial charge in [-0.1, -0.05) is 30.9 Å². The van der Waals surface area contributed by atoms with Crippen molar-refractivity contribution < 1.29 is 9.13 Å². The van der Waals surface area contributed by atoms with Crippen molar-refractivity contribution in [2.75, 3.05) is 41.9 Å². The van der Waals surface area contributed by atoms with Crippen LogP contribution in [0.2, 0.25) is 0 Å². The molecule has 0 bridgehead atoms. The van der Waals surface area contributed by atoms with Crippen molar-refractivity contribution in [1.82, 2.24) is 15.0 Å². The molecule has 38 heavy (non-hydrogen) atoms. The molecule has 1 fully saturated rings. The molecule has 2 aliphatic rings. The second kappa shape index (κ2) is 11.6. The van der Waals surface area contributed by atoms with E-state index in [9.17, 15) is 4.39 Å². The minimum Gasteiger partial charge on any atom is -0.378 e. The van der Waals surface area contributed by atoms with Gasteiger partial charge < -0.3 is 15.0 Å². The third kappa shape index (κ3) is 6.16. The summed E-state index contributed by atoms with van der Waals surface area (Å²) in [7, 11) is 0. The summed E-state index contributed by atoms with van der Waals surface area (Å²) < 4.78 is 19.5. The Hall–Kier alpha value is -4.70. The summed E-state index contributed by atoms with van der Waals surface area (Å²) in [6.07, 6.45) is 10.2. The number of nitrogens with zero attached hydrogens (tertiary/aromatic N) is 6. The highest BCUT2D eigenvalue weighted by Gasteiger charge is 2.17. The normalized spacial score (nSPS) is 15.7. The topological polar surface area (TPSA) is 99.9 Å². The Kier molecular flexibility index (Phi) is 7.60. The molecule has 2 N–H and O–H groups in total. The highest BCUT2D eigenvalue weighted by atomic mass is 19.1. The average molecular weight is 511 g/mol. The number of nitrogens with one attached hydrogen (secondary N) is 2. The van der Waals surface area contributed by atoms with Crippen molar-refractivity contribution in [2.24, 2.45) is 10.1 Å². The predicted molar refractivity (Wildman–Crippen MR) is 149 cm³/mol. The van der Waals surface area contributed by atoms with E-state index in [2.05, 4.69) is 42.4 Å². The van der Waals surface area contributed by atoms with Crippen LogP contribution in [0.5, 0.6) is 0 Å². The largest absolute Gasteiger partial charge is 0.378 e. The third-order valence-corrected chi connectivity index (χ3v) is 5.86. The van der Waals surface area contributed by atoms with Crippen molar-refractivity contribution in [1.29, 1.82) is 0 Å². The van der Waals surface area contributed by atoms with Gasteiger partial charge in [0.05, 0.1) is 48.9 Å². The number of pyridine rings is 1. The molecule has 2 aromatic heterocycles. The SMILES string of the molecule is C=C1C=CC(C)=CN=C1c1cccc(Nc2ccc(/C=N/Nc3ncc(F)c(N4CCOCC4)n3)nc2)c1. The number of allylic oxidation sites excluding steroid dienone is 4. The second-order valence-electron chi connectivity index (χ2n) is 8.72. The smallest absolute Gasteiger partial charge is 0.245 e. The van der Waals surface area contributed by atoms with Crippen LogP contribution < -0.4 is 15.6 Å². The third-order valence-electron chi connectivity index (χ3n) is 5.86. The minimum atomic E-state index is -0.479. The molecule has 0 unspecified atom stereocenters. The lowest BCUT2D eigenvalue weighted by atomic mass is 10.0. The van der Waals surface area contributed by atoms with Crippen LogP contribution in [-0.4, -0.2) is 53.2 Å². The molecule has 1 saturated heterocycles. The van der Waals surface area contributed by atoms with Crippen LogP contribution in [0.1, 0.15) is 18.2 Å². The van der Waals surface area contributed by atoms with Crippen molar-refractivity contribution in [2.45, 2.75) is 6.92 Å². The Morgan fingerprint density at radius 3 is 2.76 bits per heavy atom. The highest BCUT2D eigenvalue weighted by molar-refractivity contribution is 6.15. The average Bonchev–Trinajstić information content (AvgIpc) is 3.11. The van der Waals surface area contributed by atoms with Crippen molar-refractivity contribution in [3.63, 3.8) is 0 Å². The van der Waals surface area contributed by atoms with Gasteiger partial charge >= 0.3 is 0 Å². The first-order chi connectivity index (χ1) is 18.5. The van der Waals surface area contributed by atoms with Gasteiger partial charge in [-0.2, -0.15) is 10.1 Å². The van der Waals surface area contributed by atoms with Gasteiger partial charge in [-0.3, -0.25) is 9.98 Å².